The molecule has 5 heteroatoms. The number of piperidine rings is 1. The maximum Gasteiger partial charge on any atom is 0.123 e. The van der Waals surface area contributed by atoms with Crippen LogP contribution in [0.25, 0.3) is 0 Å². The Morgan fingerprint density at radius 3 is 2.54 bits per heavy atom. The molecule has 28 heavy (non-hydrogen) atoms. The first kappa shape index (κ1) is 19.6. The molecule has 2 aromatic rings. The summed E-state index contributed by atoms with van der Waals surface area (Å²) in [5.74, 6) is 0.834. The van der Waals surface area contributed by atoms with Crippen LogP contribution in [0, 0.1) is 23.1 Å². The minimum absolute atomic E-state index is 0.0821. The highest BCUT2D eigenvalue weighted by atomic mass is 19.1. The zero-order chi connectivity index (χ0) is 19.7. The number of likely N-dealkylation sites (tertiary alicyclic amines) is 1. The van der Waals surface area contributed by atoms with Gasteiger partial charge >= 0.3 is 0 Å². The Hall–Kier alpha value is -1.72. The maximum atomic E-state index is 13.3. The molecular weight excluding hydrogens is 353 g/mol. The Bertz CT molecular complexity index is 777. The molecule has 0 aliphatic carbocycles. The Morgan fingerprint density at radius 1 is 1.21 bits per heavy atom. The predicted molar refractivity (Wildman–Crippen MR) is 108 cm³/mol. The molecule has 0 unspecified atom stereocenters. The fourth-order valence-corrected chi connectivity index (χ4v) is 4.94. The lowest BCUT2D eigenvalue weighted by Gasteiger charge is -2.50. The van der Waals surface area contributed by atoms with Gasteiger partial charge in [-0.25, -0.2) is 9.37 Å². The van der Waals surface area contributed by atoms with Gasteiger partial charge in [-0.15, -0.1) is 0 Å². The summed E-state index contributed by atoms with van der Waals surface area (Å²) in [6.45, 7) is 8.60. The summed E-state index contributed by atoms with van der Waals surface area (Å²) in [5, 5.41) is 0. The van der Waals surface area contributed by atoms with E-state index in [-0.39, 0.29) is 17.3 Å². The second kappa shape index (κ2) is 7.96. The summed E-state index contributed by atoms with van der Waals surface area (Å²) < 4.78 is 21.9. The molecule has 0 saturated carbocycles. The average molecular weight is 386 g/mol. The highest BCUT2D eigenvalue weighted by Crippen LogP contribution is 2.49. The highest BCUT2D eigenvalue weighted by molar-refractivity contribution is 5.20. The van der Waals surface area contributed by atoms with Crippen LogP contribution >= 0.6 is 0 Å². The second-order valence-corrected chi connectivity index (χ2v) is 9.17. The van der Waals surface area contributed by atoms with Gasteiger partial charge in [-0.05, 0) is 67.3 Å². The number of hydrogen-bond acceptors (Lipinski definition) is 3. The monoisotopic (exact) mass is 385 g/mol. The van der Waals surface area contributed by atoms with Gasteiger partial charge in [0.05, 0.1) is 24.7 Å². The summed E-state index contributed by atoms with van der Waals surface area (Å²) in [4.78, 5) is 6.78. The minimum Gasteiger partial charge on any atom is -0.373 e. The van der Waals surface area contributed by atoms with Gasteiger partial charge in [-0.2, -0.15) is 0 Å². The molecule has 4 nitrogen and oxygen atoms in total. The largest absolute Gasteiger partial charge is 0.373 e. The lowest BCUT2D eigenvalue weighted by atomic mass is 9.66. The molecular formula is C23H32FN3O. The molecule has 1 aromatic heterocycles. The van der Waals surface area contributed by atoms with Crippen LogP contribution in [0.4, 0.5) is 4.39 Å². The average Bonchev–Trinajstić information content (AvgIpc) is 3.09. The summed E-state index contributed by atoms with van der Waals surface area (Å²) in [5.41, 5.74) is 2.67. The zero-order valence-corrected chi connectivity index (χ0v) is 17.3. The van der Waals surface area contributed by atoms with Gasteiger partial charge in [0.2, 0.25) is 0 Å². The Labute approximate surface area is 167 Å². The van der Waals surface area contributed by atoms with Gasteiger partial charge in [0.1, 0.15) is 5.82 Å². The molecule has 2 aliphatic heterocycles. The Kier molecular flexibility index (Phi) is 5.57. The third kappa shape index (κ3) is 4.01. The number of imidazole rings is 1. The predicted octanol–water partition coefficient (Wildman–Crippen LogP) is 4.58. The molecule has 2 saturated heterocycles. The molecule has 0 amide bonds. The molecule has 4 rings (SSSR count). The van der Waals surface area contributed by atoms with Crippen LogP contribution in [0.1, 0.15) is 50.5 Å². The molecule has 1 aromatic carbocycles. The fourth-order valence-electron chi connectivity index (χ4n) is 4.94. The van der Waals surface area contributed by atoms with E-state index in [0.29, 0.717) is 11.8 Å². The van der Waals surface area contributed by atoms with E-state index in [2.05, 4.69) is 35.3 Å². The van der Waals surface area contributed by atoms with Crippen molar-refractivity contribution in [3.63, 3.8) is 0 Å². The Balaban J connectivity index is 1.41. The highest BCUT2D eigenvalue weighted by Gasteiger charge is 2.44. The van der Waals surface area contributed by atoms with Crippen molar-refractivity contribution < 1.29 is 9.13 Å². The van der Waals surface area contributed by atoms with Crippen molar-refractivity contribution >= 4 is 0 Å². The van der Waals surface area contributed by atoms with Gasteiger partial charge in [0, 0.05) is 19.8 Å². The number of aromatic nitrogens is 2. The van der Waals surface area contributed by atoms with Crippen LogP contribution in [-0.4, -0.2) is 34.1 Å². The van der Waals surface area contributed by atoms with E-state index in [4.69, 9.17) is 4.74 Å². The number of benzene rings is 1. The van der Waals surface area contributed by atoms with E-state index >= 15 is 0 Å². The zero-order valence-electron chi connectivity index (χ0n) is 17.3. The molecule has 0 bridgehead atoms. The van der Waals surface area contributed by atoms with E-state index < -0.39 is 0 Å². The van der Waals surface area contributed by atoms with Crippen LogP contribution < -0.4 is 0 Å². The molecule has 0 N–H and O–H groups in total. The normalized spacial score (nSPS) is 25.5. The summed E-state index contributed by atoms with van der Waals surface area (Å²) in [6.07, 6.45) is 7.49. The van der Waals surface area contributed by atoms with Crippen molar-refractivity contribution in [1.29, 1.82) is 0 Å². The molecule has 2 atom stereocenters. The van der Waals surface area contributed by atoms with Gasteiger partial charge in [-0.1, -0.05) is 26.0 Å². The summed E-state index contributed by atoms with van der Waals surface area (Å²) in [7, 11) is 2.06. The van der Waals surface area contributed by atoms with E-state index in [1.807, 2.05) is 24.7 Å². The van der Waals surface area contributed by atoms with Crippen molar-refractivity contribution in [1.82, 2.24) is 14.5 Å². The van der Waals surface area contributed by atoms with Crippen molar-refractivity contribution in [3.8, 4) is 0 Å². The molecule has 2 aliphatic rings. The number of hydrogen-bond donors (Lipinski definition) is 0. The second-order valence-electron chi connectivity index (χ2n) is 9.17. The van der Waals surface area contributed by atoms with E-state index in [1.165, 1.54) is 25.0 Å². The van der Waals surface area contributed by atoms with Crippen LogP contribution in [0.3, 0.4) is 0 Å². The maximum absolute atomic E-state index is 13.3. The van der Waals surface area contributed by atoms with Crippen LogP contribution in [-0.2, 0) is 18.3 Å². The fraction of sp³-hybridized carbons (Fsp3) is 0.609. The third-order valence-electron chi connectivity index (χ3n) is 6.90. The number of aryl methyl sites for hydroxylation is 1. The molecule has 152 valence electrons. The van der Waals surface area contributed by atoms with E-state index in [0.717, 1.165) is 31.8 Å². The lowest BCUT2D eigenvalue weighted by Crippen LogP contribution is -2.47. The van der Waals surface area contributed by atoms with Gasteiger partial charge in [0.15, 0.2) is 0 Å². The smallest absolute Gasteiger partial charge is 0.123 e. The number of halogens is 1. The van der Waals surface area contributed by atoms with Crippen molar-refractivity contribution in [2.24, 2.45) is 24.3 Å². The topological polar surface area (TPSA) is 30.3 Å². The number of ether oxygens (including phenoxy) is 1. The molecule has 3 heterocycles. The minimum atomic E-state index is -0.182. The first-order chi connectivity index (χ1) is 13.5. The number of rotatable bonds is 4. The summed E-state index contributed by atoms with van der Waals surface area (Å²) in [6, 6.07) is 6.89. The van der Waals surface area contributed by atoms with Crippen LogP contribution in [0.5, 0.6) is 0 Å². The molecule has 1 spiro atoms. The van der Waals surface area contributed by atoms with Crippen LogP contribution in [0.15, 0.2) is 36.8 Å². The first-order valence-corrected chi connectivity index (χ1v) is 10.5. The third-order valence-corrected chi connectivity index (χ3v) is 6.90. The quantitative estimate of drug-likeness (QED) is 0.772. The standard InChI is InChI=1S/C23H32FN3O/c1-17(2)21-12-23(15-28-22(21)18-4-6-19(24)7-5-18)8-10-27(11-9-23)14-20-13-25-16-26(20)3/h4-7,13,16-17,21-22H,8-12,14-15H2,1-3H3/t21-,22-/m0/s1. The van der Waals surface area contributed by atoms with Crippen molar-refractivity contribution in [3.05, 3.63) is 53.9 Å². The Morgan fingerprint density at radius 2 is 1.93 bits per heavy atom. The van der Waals surface area contributed by atoms with Crippen LogP contribution in [0.2, 0.25) is 0 Å². The van der Waals surface area contributed by atoms with Gasteiger partial charge < -0.3 is 9.30 Å². The van der Waals surface area contributed by atoms with Crippen molar-refractivity contribution in [2.45, 2.75) is 45.8 Å². The SMILES string of the molecule is CC(C)[C@@H]1CC2(CCN(Cc3cncn3C)CC2)CO[C@H]1c1ccc(F)cc1. The van der Waals surface area contributed by atoms with Crippen molar-refractivity contribution in [2.75, 3.05) is 19.7 Å². The van der Waals surface area contributed by atoms with E-state index in [1.54, 1.807) is 12.1 Å². The van der Waals surface area contributed by atoms with Gasteiger partial charge in [0.25, 0.3) is 0 Å². The molecule has 0 radical (unpaired) electrons. The number of nitrogens with zero attached hydrogens (tertiary/aromatic N) is 3. The molecule has 2 fully saturated rings. The van der Waals surface area contributed by atoms with E-state index in [9.17, 15) is 4.39 Å². The summed E-state index contributed by atoms with van der Waals surface area (Å²) >= 11 is 0. The first-order valence-electron chi connectivity index (χ1n) is 10.5. The van der Waals surface area contributed by atoms with Gasteiger partial charge in [-0.3, -0.25) is 4.90 Å². The lowest BCUT2D eigenvalue weighted by molar-refractivity contribution is -0.131.